The van der Waals surface area contributed by atoms with E-state index in [0.717, 1.165) is 30.6 Å². The van der Waals surface area contributed by atoms with Gasteiger partial charge >= 0.3 is 0 Å². The summed E-state index contributed by atoms with van der Waals surface area (Å²) in [4.78, 5) is 14.2. The molecule has 3 saturated carbocycles. The highest BCUT2D eigenvalue weighted by atomic mass is 16.2. The average Bonchev–Trinajstić information content (AvgIpc) is 2.79. The lowest BCUT2D eigenvalue weighted by atomic mass is 9.47. The van der Waals surface area contributed by atoms with E-state index in [-0.39, 0.29) is 0 Å². The molecule has 4 fully saturated rings. The highest BCUT2D eigenvalue weighted by Gasteiger charge is 2.60. The number of hydrogen-bond donors (Lipinski definition) is 1. The molecule has 0 bridgehead atoms. The van der Waals surface area contributed by atoms with Gasteiger partial charge in [-0.15, -0.1) is 0 Å². The number of piperidine rings is 1. The molecule has 1 heterocycles. The Labute approximate surface area is 135 Å². The van der Waals surface area contributed by atoms with Gasteiger partial charge in [0.05, 0.1) is 0 Å². The molecule has 3 aliphatic carbocycles. The van der Waals surface area contributed by atoms with Crippen LogP contribution >= 0.6 is 0 Å². The lowest BCUT2D eigenvalue weighted by Gasteiger charge is -2.61. The predicted molar refractivity (Wildman–Crippen MR) is 88.2 cm³/mol. The first kappa shape index (κ1) is 15.0. The zero-order chi connectivity index (χ0) is 15.7. The molecule has 0 aromatic heterocycles. The van der Waals surface area contributed by atoms with Gasteiger partial charge in [0.25, 0.3) is 0 Å². The minimum absolute atomic E-state index is 0.347. The van der Waals surface area contributed by atoms with Crippen molar-refractivity contribution >= 4 is 5.91 Å². The van der Waals surface area contributed by atoms with Gasteiger partial charge in [0.15, 0.2) is 0 Å². The zero-order valence-corrected chi connectivity index (χ0v) is 14.5. The molecule has 0 spiro atoms. The Morgan fingerprint density at radius 1 is 1.00 bits per heavy atom. The highest BCUT2D eigenvalue weighted by molar-refractivity contribution is 5.77. The summed E-state index contributed by atoms with van der Waals surface area (Å²) in [6, 6.07) is 0.897. The van der Waals surface area contributed by atoms with E-state index in [9.17, 15) is 4.79 Å². The molecule has 2 N–H and O–H groups in total. The Morgan fingerprint density at radius 2 is 1.73 bits per heavy atom. The fourth-order valence-corrected chi connectivity index (χ4v) is 7.19. The third-order valence-electron chi connectivity index (χ3n) is 8.63. The van der Waals surface area contributed by atoms with E-state index in [4.69, 9.17) is 5.73 Å². The van der Waals surface area contributed by atoms with Crippen LogP contribution < -0.4 is 5.73 Å². The van der Waals surface area contributed by atoms with Gasteiger partial charge in [0, 0.05) is 25.6 Å². The van der Waals surface area contributed by atoms with Crippen LogP contribution in [0.15, 0.2) is 0 Å². The third-order valence-corrected chi connectivity index (χ3v) is 8.63. The predicted octanol–water partition coefficient (Wildman–Crippen LogP) is 3.18. The summed E-state index contributed by atoms with van der Waals surface area (Å²) in [6.07, 6.45) is 9.60. The maximum atomic E-state index is 12.1. The van der Waals surface area contributed by atoms with Crippen molar-refractivity contribution in [2.45, 2.75) is 77.3 Å². The monoisotopic (exact) mass is 304 g/mol. The van der Waals surface area contributed by atoms with Crippen molar-refractivity contribution in [1.82, 2.24) is 4.90 Å². The summed E-state index contributed by atoms with van der Waals surface area (Å²) in [5.74, 6) is 2.87. The smallest absolute Gasteiger partial charge is 0.222 e. The number of amides is 1. The fraction of sp³-hybridized carbons (Fsp3) is 0.947. The number of nitrogens with zero attached hydrogens (tertiary/aromatic N) is 1. The van der Waals surface area contributed by atoms with E-state index in [1.165, 1.54) is 38.5 Å². The maximum absolute atomic E-state index is 12.1. The number of carbonyl (C=O) groups excluding carboxylic acids is 1. The fourth-order valence-electron chi connectivity index (χ4n) is 7.19. The van der Waals surface area contributed by atoms with E-state index >= 15 is 0 Å². The van der Waals surface area contributed by atoms with E-state index in [1.54, 1.807) is 0 Å². The van der Waals surface area contributed by atoms with Gasteiger partial charge in [-0.25, -0.2) is 0 Å². The summed E-state index contributed by atoms with van der Waals surface area (Å²) in [5.41, 5.74) is 7.23. The molecule has 0 radical (unpaired) electrons. The average molecular weight is 304 g/mol. The van der Waals surface area contributed by atoms with E-state index in [2.05, 4.69) is 18.7 Å². The normalized spacial score (nSPS) is 54.6. The van der Waals surface area contributed by atoms with Gasteiger partial charge in [0.1, 0.15) is 0 Å². The molecule has 1 aliphatic heterocycles. The molecule has 6 unspecified atom stereocenters. The lowest BCUT2D eigenvalue weighted by molar-refractivity contribution is -0.157. The molecule has 124 valence electrons. The molecule has 0 aromatic carbocycles. The van der Waals surface area contributed by atoms with Crippen LogP contribution in [0.5, 0.6) is 0 Å². The molecular formula is C19H32N2O. The number of likely N-dealkylation sites (tertiary alicyclic amines) is 1. The van der Waals surface area contributed by atoms with E-state index in [0.29, 0.717) is 28.8 Å². The van der Waals surface area contributed by atoms with Crippen molar-refractivity contribution in [3.05, 3.63) is 0 Å². The molecule has 1 amide bonds. The van der Waals surface area contributed by atoms with Gasteiger partial charge in [-0.05, 0) is 73.5 Å². The Morgan fingerprint density at radius 3 is 2.50 bits per heavy atom. The topological polar surface area (TPSA) is 46.3 Å². The number of rotatable bonds is 0. The first-order valence-electron chi connectivity index (χ1n) is 9.39. The van der Waals surface area contributed by atoms with Crippen LogP contribution in [0, 0.1) is 28.6 Å². The van der Waals surface area contributed by atoms with Crippen LogP contribution in [0.3, 0.4) is 0 Å². The molecule has 4 rings (SSSR count). The number of carbonyl (C=O) groups is 1. The Balaban J connectivity index is 1.65. The van der Waals surface area contributed by atoms with Crippen molar-refractivity contribution in [3.63, 3.8) is 0 Å². The molecule has 0 aromatic rings. The van der Waals surface area contributed by atoms with Crippen LogP contribution in [0.4, 0.5) is 0 Å². The number of nitrogens with two attached hydrogens (primary N) is 1. The Hall–Kier alpha value is -0.570. The lowest BCUT2D eigenvalue weighted by Crippen LogP contribution is -2.61. The Bertz CT molecular complexity index is 492. The number of fused-ring (bicyclic) bond motifs is 5. The Kier molecular flexibility index (Phi) is 3.21. The first-order valence-corrected chi connectivity index (χ1v) is 9.39. The highest BCUT2D eigenvalue weighted by Crippen LogP contribution is 2.64. The summed E-state index contributed by atoms with van der Waals surface area (Å²) < 4.78 is 0. The van der Waals surface area contributed by atoms with E-state index < -0.39 is 0 Å². The second kappa shape index (κ2) is 4.72. The van der Waals surface area contributed by atoms with Crippen molar-refractivity contribution in [2.75, 3.05) is 7.05 Å². The quantitative estimate of drug-likeness (QED) is 0.747. The molecule has 7 atom stereocenters. The SMILES string of the molecule is CN1C(=O)CCC2(C)C3CCC4(C)C(N)CCC4C3CC[C@@H]12. The van der Waals surface area contributed by atoms with Gasteiger partial charge in [-0.1, -0.05) is 13.8 Å². The summed E-state index contributed by atoms with van der Waals surface area (Å²) in [5, 5.41) is 0. The minimum Gasteiger partial charge on any atom is -0.342 e. The minimum atomic E-state index is 0.347. The first-order chi connectivity index (χ1) is 10.4. The largest absolute Gasteiger partial charge is 0.342 e. The van der Waals surface area contributed by atoms with Gasteiger partial charge in [-0.3, -0.25) is 4.79 Å². The van der Waals surface area contributed by atoms with Crippen LogP contribution in [-0.2, 0) is 4.79 Å². The zero-order valence-electron chi connectivity index (χ0n) is 14.5. The van der Waals surface area contributed by atoms with Crippen molar-refractivity contribution in [1.29, 1.82) is 0 Å². The van der Waals surface area contributed by atoms with Crippen LogP contribution in [0.25, 0.3) is 0 Å². The molecule has 22 heavy (non-hydrogen) atoms. The number of hydrogen-bond acceptors (Lipinski definition) is 2. The van der Waals surface area contributed by atoms with Gasteiger partial charge < -0.3 is 10.6 Å². The summed E-state index contributed by atoms with van der Waals surface area (Å²) >= 11 is 0. The van der Waals surface area contributed by atoms with Gasteiger partial charge in [-0.2, -0.15) is 0 Å². The summed E-state index contributed by atoms with van der Waals surface area (Å²) in [7, 11) is 2.04. The van der Waals surface area contributed by atoms with Crippen LogP contribution in [0.1, 0.15) is 65.2 Å². The van der Waals surface area contributed by atoms with Crippen LogP contribution in [-0.4, -0.2) is 29.9 Å². The standard InChI is InChI=1S/C19H32N2O/c1-18-10-8-14-12(13(18)5-6-15(18)20)4-7-16-19(14,2)11-9-17(22)21(16)3/h12-16H,4-11,20H2,1-3H3/t12?,13?,14?,15?,16-,18?,19?/m1/s1. The molecular weight excluding hydrogens is 272 g/mol. The maximum Gasteiger partial charge on any atom is 0.222 e. The van der Waals surface area contributed by atoms with Gasteiger partial charge in [0.2, 0.25) is 5.91 Å². The van der Waals surface area contributed by atoms with Crippen molar-refractivity contribution in [3.8, 4) is 0 Å². The third kappa shape index (κ3) is 1.75. The van der Waals surface area contributed by atoms with Crippen molar-refractivity contribution < 1.29 is 4.79 Å². The van der Waals surface area contributed by atoms with E-state index in [1.807, 2.05) is 7.05 Å². The second-order valence-electron chi connectivity index (χ2n) is 9.21. The van der Waals surface area contributed by atoms with Crippen molar-refractivity contribution in [2.24, 2.45) is 34.3 Å². The second-order valence-corrected chi connectivity index (χ2v) is 9.21. The molecule has 3 nitrogen and oxygen atoms in total. The molecule has 1 saturated heterocycles. The molecule has 4 aliphatic rings. The van der Waals surface area contributed by atoms with Crippen LogP contribution in [0.2, 0.25) is 0 Å². The summed E-state index contributed by atoms with van der Waals surface area (Å²) in [6.45, 7) is 4.96. The molecule has 3 heteroatoms.